The minimum absolute atomic E-state index is 0.154. The van der Waals surface area contributed by atoms with E-state index in [4.69, 9.17) is 10.00 Å². The van der Waals surface area contributed by atoms with Gasteiger partial charge in [0, 0.05) is 10.0 Å². The zero-order valence-corrected chi connectivity index (χ0v) is 13.6. The maximum absolute atomic E-state index is 12.0. The summed E-state index contributed by atoms with van der Waals surface area (Å²) >= 11 is 3.27. The van der Waals surface area contributed by atoms with E-state index in [0.717, 1.165) is 4.47 Å². The van der Waals surface area contributed by atoms with Gasteiger partial charge >= 0.3 is 5.97 Å². The Balaban J connectivity index is 2.02. The van der Waals surface area contributed by atoms with Crippen molar-refractivity contribution in [1.82, 2.24) is 0 Å². The van der Waals surface area contributed by atoms with Crippen molar-refractivity contribution >= 4 is 33.8 Å². The van der Waals surface area contributed by atoms with Crippen LogP contribution in [0.2, 0.25) is 0 Å². The van der Waals surface area contributed by atoms with Crippen LogP contribution in [0.15, 0.2) is 64.6 Å². The lowest BCUT2D eigenvalue weighted by molar-refractivity contribution is -0.137. The Morgan fingerprint density at radius 2 is 1.87 bits per heavy atom. The molecule has 0 heterocycles. The number of nitrogens with zero attached hydrogens (tertiary/aromatic N) is 1. The third-order valence-corrected chi connectivity index (χ3v) is 3.43. The quantitative estimate of drug-likeness (QED) is 0.348. The van der Waals surface area contributed by atoms with E-state index in [9.17, 15) is 9.59 Å². The summed E-state index contributed by atoms with van der Waals surface area (Å²) in [5.74, 6) is -1.16. The summed E-state index contributed by atoms with van der Waals surface area (Å²) < 4.78 is 5.69. The van der Waals surface area contributed by atoms with E-state index in [2.05, 4.69) is 15.9 Å². The molecule has 0 spiro atoms. The molecule has 0 aliphatic rings. The lowest BCUT2D eigenvalue weighted by Crippen LogP contribution is -2.15. The fourth-order valence-electron chi connectivity index (χ4n) is 1.81. The van der Waals surface area contributed by atoms with Gasteiger partial charge in [-0.05, 0) is 23.8 Å². The number of ether oxygens (including phenoxy) is 1. The predicted octanol–water partition coefficient (Wildman–Crippen LogP) is 3.78. The second kappa shape index (κ2) is 8.06. The SMILES string of the molecule is N#CC(=Cc1ccccc1)C(=O)OCC(=O)c1cccc(Br)c1. The fraction of sp³-hybridized carbons (Fsp3) is 0.0556. The molecule has 0 radical (unpaired) electrons. The normalized spacial score (nSPS) is 10.7. The molecule has 0 saturated heterocycles. The lowest BCUT2D eigenvalue weighted by atomic mass is 10.1. The summed E-state index contributed by atoms with van der Waals surface area (Å²) in [5, 5.41) is 9.07. The number of ketones is 1. The molecule has 0 atom stereocenters. The van der Waals surface area contributed by atoms with E-state index >= 15 is 0 Å². The summed E-state index contributed by atoms with van der Waals surface area (Å²) in [5.41, 5.74) is 0.982. The molecule has 0 N–H and O–H groups in total. The predicted molar refractivity (Wildman–Crippen MR) is 89.5 cm³/mol. The number of halogens is 1. The van der Waals surface area contributed by atoms with Gasteiger partial charge in [0.1, 0.15) is 11.6 Å². The van der Waals surface area contributed by atoms with Crippen LogP contribution in [-0.2, 0) is 9.53 Å². The Labute approximate surface area is 142 Å². The summed E-state index contributed by atoms with van der Waals surface area (Å²) in [4.78, 5) is 23.9. The Morgan fingerprint density at radius 3 is 2.52 bits per heavy atom. The van der Waals surface area contributed by atoms with Crippen LogP contribution in [0.1, 0.15) is 15.9 Å². The Morgan fingerprint density at radius 1 is 1.13 bits per heavy atom. The average Bonchev–Trinajstić information content (AvgIpc) is 2.58. The van der Waals surface area contributed by atoms with Gasteiger partial charge in [0.05, 0.1) is 0 Å². The minimum Gasteiger partial charge on any atom is -0.453 e. The first kappa shape index (κ1) is 16.7. The second-order valence-corrected chi connectivity index (χ2v) is 5.51. The highest BCUT2D eigenvalue weighted by molar-refractivity contribution is 9.10. The highest BCUT2D eigenvalue weighted by atomic mass is 79.9. The molecular formula is C18H12BrNO3. The van der Waals surface area contributed by atoms with Gasteiger partial charge in [-0.15, -0.1) is 0 Å². The number of rotatable bonds is 5. The van der Waals surface area contributed by atoms with Crippen LogP contribution in [-0.4, -0.2) is 18.4 Å². The van der Waals surface area contributed by atoms with Crippen molar-refractivity contribution in [3.8, 4) is 6.07 Å². The van der Waals surface area contributed by atoms with Crippen LogP contribution in [0.25, 0.3) is 6.08 Å². The van der Waals surface area contributed by atoms with E-state index in [1.54, 1.807) is 54.6 Å². The lowest BCUT2D eigenvalue weighted by Gasteiger charge is -2.04. The Hall–Kier alpha value is -2.71. The number of hydrogen-bond acceptors (Lipinski definition) is 4. The first-order valence-electron chi connectivity index (χ1n) is 6.73. The first-order valence-corrected chi connectivity index (χ1v) is 7.52. The van der Waals surface area contributed by atoms with E-state index in [0.29, 0.717) is 11.1 Å². The topological polar surface area (TPSA) is 67.2 Å². The van der Waals surface area contributed by atoms with Crippen molar-refractivity contribution in [2.45, 2.75) is 0 Å². The summed E-state index contributed by atoms with van der Waals surface area (Å²) in [6.07, 6.45) is 1.42. The average molecular weight is 370 g/mol. The fourth-order valence-corrected chi connectivity index (χ4v) is 2.21. The molecule has 114 valence electrons. The van der Waals surface area contributed by atoms with Gasteiger partial charge < -0.3 is 4.74 Å². The van der Waals surface area contributed by atoms with Crippen molar-refractivity contribution in [1.29, 1.82) is 5.26 Å². The molecular weight excluding hydrogens is 358 g/mol. The molecule has 0 aliphatic heterocycles. The molecule has 2 aromatic rings. The maximum atomic E-state index is 12.0. The molecule has 0 fully saturated rings. The molecule has 0 amide bonds. The van der Waals surface area contributed by atoms with Crippen LogP contribution >= 0.6 is 15.9 Å². The third kappa shape index (κ3) is 4.90. The van der Waals surface area contributed by atoms with Gasteiger partial charge in [0.25, 0.3) is 0 Å². The van der Waals surface area contributed by atoms with E-state index < -0.39 is 12.6 Å². The van der Waals surface area contributed by atoms with Crippen LogP contribution in [0.3, 0.4) is 0 Å². The summed E-state index contributed by atoms with van der Waals surface area (Å²) in [6, 6.07) is 17.5. The standard InChI is InChI=1S/C18H12BrNO3/c19-16-8-4-7-14(10-16)17(21)12-23-18(22)15(11-20)9-13-5-2-1-3-6-13/h1-10H,12H2. The third-order valence-electron chi connectivity index (χ3n) is 2.93. The zero-order valence-electron chi connectivity index (χ0n) is 12.0. The summed E-state index contributed by atoms with van der Waals surface area (Å²) in [7, 11) is 0. The van der Waals surface area contributed by atoms with E-state index in [-0.39, 0.29) is 11.4 Å². The van der Waals surface area contributed by atoms with Crippen molar-refractivity contribution in [2.24, 2.45) is 0 Å². The van der Waals surface area contributed by atoms with Crippen molar-refractivity contribution in [3.63, 3.8) is 0 Å². The second-order valence-electron chi connectivity index (χ2n) is 4.59. The molecule has 0 saturated carbocycles. The number of carbonyl (C=O) groups excluding carboxylic acids is 2. The van der Waals surface area contributed by atoms with Crippen LogP contribution in [0, 0.1) is 11.3 Å². The zero-order chi connectivity index (χ0) is 16.7. The summed E-state index contributed by atoms with van der Waals surface area (Å²) in [6.45, 7) is -0.414. The molecule has 2 aromatic carbocycles. The molecule has 4 nitrogen and oxygen atoms in total. The van der Waals surface area contributed by atoms with Gasteiger partial charge in [0.15, 0.2) is 12.4 Å². The number of carbonyl (C=O) groups is 2. The molecule has 2 rings (SSSR count). The maximum Gasteiger partial charge on any atom is 0.349 e. The number of nitriles is 1. The minimum atomic E-state index is -0.820. The molecule has 0 bridgehead atoms. The largest absolute Gasteiger partial charge is 0.453 e. The van der Waals surface area contributed by atoms with Gasteiger partial charge in [-0.25, -0.2) is 4.79 Å². The van der Waals surface area contributed by atoms with Crippen molar-refractivity contribution in [3.05, 3.63) is 75.8 Å². The smallest absolute Gasteiger partial charge is 0.349 e. The molecule has 5 heteroatoms. The van der Waals surface area contributed by atoms with Crippen LogP contribution < -0.4 is 0 Å². The molecule has 0 unspecified atom stereocenters. The molecule has 0 aliphatic carbocycles. The van der Waals surface area contributed by atoms with Crippen LogP contribution in [0.4, 0.5) is 0 Å². The van der Waals surface area contributed by atoms with E-state index in [1.165, 1.54) is 6.08 Å². The number of Topliss-reactive ketones (excluding diaryl/α,β-unsaturated/α-hetero) is 1. The van der Waals surface area contributed by atoms with Gasteiger partial charge in [0.2, 0.25) is 0 Å². The molecule has 0 aromatic heterocycles. The van der Waals surface area contributed by atoms with Crippen LogP contribution in [0.5, 0.6) is 0 Å². The van der Waals surface area contributed by atoms with Gasteiger partial charge in [-0.2, -0.15) is 5.26 Å². The Kier molecular flexibility index (Phi) is 5.84. The molecule has 23 heavy (non-hydrogen) atoms. The Bertz CT molecular complexity index is 791. The first-order chi connectivity index (χ1) is 11.1. The number of benzene rings is 2. The number of esters is 1. The monoisotopic (exact) mass is 369 g/mol. The highest BCUT2D eigenvalue weighted by Crippen LogP contribution is 2.13. The van der Waals surface area contributed by atoms with Crippen molar-refractivity contribution in [2.75, 3.05) is 6.61 Å². The van der Waals surface area contributed by atoms with Crippen molar-refractivity contribution < 1.29 is 14.3 Å². The van der Waals surface area contributed by atoms with E-state index in [1.807, 2.05) is 6.07 Å². The van der Waals surface area contributed by atoms with Gasteiger partial charge in [-0.1, -0.05) is 58.4 Å². The number of hydrogen-bond donors (Lipinski definition) is 0. The highest BCUT2D eigenvalue weighted by Gasteiger charge is 2.14. The van der Waals surface area contributed by atoms with Gasteiger partial charge in [-0.3, -0.25) is 4.79 Å².